The highest BCUT2D eigenvalue weighted by atomic mass is 19.1. The summed E-state index contributed by atoms with van der Waals surface area (Å²) in [7, 11) is 1.63. The molecule has 34 heavy (non-hydrogen) atoms. The summed E-state index contributed by atoms with van der Waals surface area (Å²) < 4.78 is 17.6. The number of pyridine rings is 1. The van der Waals surface area contributed by atoms with E-state index in [1.807, 2.05) is 6.92 Å². The molecule has 0 aliphatic carbocycles. The fraction of sp³-hybridized carbons (Fsp3) is 0.417. The van der Waals surface area contributed by atoms with Gasteiger partial charge in [-0.25, -0.2) is 14.1 Å². The number of amides is 1. The molecule has 0 saturated carbocycles. The van der Waals surface area contributed by atoms with Crippen molar-refractivity contribution in [1.82, 2.24) is 24.6 Å². The molecule has 3 aromatic rings. The first kappa shape index (κ1) is 22.4. The van der Waals surface area contributed by atoms with E-state index in [2.05, 4.69) is 15.4 Å². The van der Waals surface area contributed by atoms with Crippen molar-refractivity contribution in [2.24, 2.45) is 0 Å². The molecule has 0 fully saturated rings. The molecule has 2 aromatic heterocycles. The van der Waals surface area contributed by atoms with Gasteiger partial charge in [-0.2, -0.15) is 5.10 Å². The van der Waals surface area contributed by atoms with Gasteiger partial charge in [0.1, 0.15) is 11.6 Å². The van der Waals surface area contributed by atoms with Gasteiger partial charge in [0.25, 0.3) is 5.56 Å². The Bertz CT molecular complexity index is 1300. The van der Waals surface area contributed by atoms with Gasteiger partial charge in [0.2, 0.25) is 5.91 Å². The number of aryl methyl sites for hydroxylation is 3. The molecule has 2 N–H and O–H groups in total. The fourth-order valence-electron chi connectivity index (χ4n) is 4.89. The van der Waals surface area contributed by atoms with Crippen LogP contribution in [0.1, 0.15) is 54.8 Å². The Morgan fingerprint density at radius 2 is 2.03 bits per heavy atom. The largest absolute Gasteiger partial charge is 0.371 e. The van der Waals surface area contributed by atoms with Gasteiger partial charge in [-0.3, -0.25) is 14.9 Å². The van der Waals surface area contributed by atoms with Gasteiger partial charge in [-0.1, -0.05) is 18.2 Å². The van der Waals surface area contributed by atoms with E-state index in [4.69, 9.17) is 0 Å². The number of carbonyl (C=O) groups excluding carboxylic acids is 1. The van der Waals surface area contributed by atoms with Crippen LogP contribution in [0.4, 0.5) is 10.1 Å². The van der Waals surface area contributed by atoms with Crippen molar-refractivity contribution in [2.45, 2.75) is 57.5 Å². The Labute approximate surface area is 195 Å². The maximum absolute atomic E-state index is 14.3. The lowest BCUT2D eigenvalue weighted by atomic mass is 10.0. The normalized spacial score (nSPS) is 20.7. The van der Waals surface area contributed by atoms with Crippen LogP contribution in [0.25, 0.3) is 0 Å². The number of rotatable bonds is 5. The molecule has 2 aliphatic rings. The molecule has 5 rings (SSSR count). The zero-order valence-corrected chi connectivity index (χ0v) is 19.1. The first-order chi connectivity index (χ1) is 16.4. The van der Waals surface area contributed by atoms with Gasteiger partial charge in [0.15, 0.2) is 12.1 Å². The predicted octanol–water partition coefficient (Wildman–Crippen LogP) is 1.69. The smallest absolute Gasteiger partial charge is 0.252 e. The lowest BCUT2D eigenvalue weighted by molar-refractivity contribution is -0.121. The fourth-order valence-corrected chi connectivity index (χ4v) is 4.89. The lowest BCUT2D eigenvalue weighted by Gasteiger charge is -2.23. The first-order valence-electron chi connectivity index (χ1n) is 11.5. The van der Waals surface area contributed by atoms with Gasteiger partial charge < -0.3 is 14.6 Å². The van der Waals surface area contributed by atoms with Crippen LogP contribution in [-0.4, -0.2) is 43.4 Å². The highest BCUT2D eigenvalue weighted by Gasteiger charge is 2.33. The van der Waals surface area contributed by atoms with Crippen molar-refractivity contribution in [2.75, 3.05) is 11.9 Å². The molecule has 0 saturated heterocycles. The molecule has 1 aromatic carbocycles. The molecule has 2 aliphatic heterocycles. The van der Waals surface area contributed by atoms with E-state index in [9.17, 15) is 19.1 Å². The summed E-state index contributed by atoms with van der Waals surface area (Å²) >= 11 is 0. The van der Waals surface area contributed by atoms with E-state index < -0.39 is 12.3 Å². The second-order valence-corrected chi connectivity index (χ2v) is 8.77. The van der Waals surface area contributed by atoms with Crippen molar-refractivity contribution < 1.29 is 14.3 Å². The van der Waals surface area contributed by atoms with Crippen LogP contribution in [0.2, 0.25) is 0 Å². The maximum Gasteiger partial charge on any atom is 0.252 e. The quantitative estimate of drug-likeness (QED) is 0.555. The lowest BCUT2D eigenvalue weighted by Crippen LogP contribution is -2.46. The average molecular weight is 467 g/mol. The molecule has 3 atom stereocenters. The Hall–Kier alpha value is -3.37. The van der Waals surface area contributed by atoms with E-state index in [1.54, 1.807) is 40.7 Å². The van der Waals surface area contributed by atoms with Crippen LogP contribution in [0, 0.1) is 5.82 Å². The van der Waals surface area contributed by atoms with Crippen molar-refractivity contribution >= 4 is 11.6 Å². The second-order valence-electron chi connectivity index (χ2n) is 8.77. The van der Waals surface area contributed by atoms with E-state index in [1.165, 1.54) is 17.0 Å². The Balaban J connectivity index is 1.35. The zero-order valence-electron chi connectivity index (χ0n) is 19.1. The number of nitrogens with one attached hydrogen (secondary N) is 1. The second kappa shape index (κ2) is 8.77. The first-order valence-corrected chi connectivity index (χ1v) is 11.5. The summed E-state index contributed by atoms with van der Waals surface area (Å²) in [6, 6.07) is 7.11. The van der Waals surface area contributed by atoms with E-state index in [-0.39, 0.29) is 29.1 Å². The predicted molar refractivity (Wildman–Crippen MR) is 123 cm³/mol. The minimum Gasteiger partial charge on any atom is -0.371 e. The number of hydrogen-bond donors (Lipinski definition) is 2. The van der Waals surface area contributed by atoms with Crippen molar-refractivity contribution in [3.8, 4) is 0 Å². The average Bonchev–Trinajstić information content (AvgIpc) is 3.40. The van der Waals surface area contributed by atoms with Gasteiger partial charge in [-0.15, -0.1) is 0 Å². The summed E-state index contributed by atoms with van der Waals surface area (Å²) in [5, 5.41) is 18.2. The van der Waals surface area contributed by atoms with Crippen LogP contribution in [0.15, 0.2) is 41.3 Å². The summed E-state index contributed by atoms with van der Waals surface area (Å²) in [6.07, 6.45) is 2.85. The zero-order chi connectivity index (χ0) is 24.0. The van der Waals surface area contributed by atoms with E-state index in [0.29, 0.717) is 49.3 Å². The number of aliphatic hydroxyl groups excluding tert-OH is 1. The molecule has 1 amide bonds. The standard InChI is InChI=1S/C24H27FN6O3/c1-3-30-13-14-8-9-17(24(34)29(2)19(14)12-21(30)32)26-23(33)22-27-20-11-10-18(31(20)28-22)15-6-4-5-7-16(15)25/h4-7,12-13,17-18,23,26,33H,3,8-11H2,1-2H3/t17-,18+,23?/m1/s1. The van der Waals surface area contributed by atoms with E-state index >= 15 is 0 Å². The number of aromatic nitrogens is 4. The molecular weight excluding hydrogens is 439 g/mol. The number of fused-ring (bicyclic) bond motifs is 2. The van der Waals surface area contributed by atoms with Crippen molar-refractivity contribution in [3.05, 3.63) is 75.5 Å². The highest BCUT2D eigenvalue weighted by molar-refractivity contribution is 5.98. The molecule has 9 nitrogen and oxygen atoms in total. The molecule has 178 valence electrons. The summed E-state index contributed by atoms with van der Waals surface area (Å²) in [5.41, 5.74) is 1.88. The third kappa shape index (κ3) is 3.82. The summed E-state index contributed by atoms with van der Waals surface area (Å²) in [5.74, 6) is 0.280. The van der Waals surface area contributed by atoms with Crippen molar-refractivity contribution in [1.29, 1.82) is 0 Å². The number of aliphatic hydroxyl groups is 1. The van der Waals surface area contributed by atoms with Gasteiger partial charge >= 0.3 is 0 Å². The third-order valence-electron chi connectivity index (χ3n) is 6.74. The molecule has 0 bridgehead atoms. The topological polar surface area (TPSA) is 105 Å². The Morgan fingerprint density at radius 3 is 2.79 bits per heavy atom. The minimum atomic E-state index is -1.27. The Morgan fingerprint density at radius 1 is 1.24 bits per heavy atom. The van der Waals surface area contributed by atoms with E-state index in [0.717, 1.165) is 5.56 Å². The SMILES string of the molecule is CCn1cc2c(cc1=O)N(C)C(=O)[C@H](NC(O)c1nc3n(n1)[C@H](c1ccccc1F)CC3)CC2. The third-order valence-corrected chi connectivity index (χ3v) is 6.74. The monoisotopic (exact) mass is 466 g/mol. The highest BCUT2D eigenvalue weighted by Crippen LogP contribution is 2.32. The van der Waals surface area contributed by atoms with Crippen LogP contribution < -0.4 is 15.8 Å². The Kier molecular flexibility index (Phi) is 5.78. The number of hydrogen-bond acceptors (Lipinski definition) is 6. The number of likely N-dealkylation sites (N-methyl/N-ethyl adjacent to an activating group) is 1. The molecule has 10 heteroatoms. The molecule has 4 heterocycles. The van der Waals surface area contributed by atoms with Crippen LogP contribution >= 0.6 is 0 Å². The van der Waals surface area contributed by atoms with Crippen LogP contribution in [0.3, 0.4) is 0 Å². The molecule has 0 radical (unpaired) electrons. The number of carbonyl (C=O) groups is 1. The summed E-state index contributed by atoms with van der Waals surface area (Å²) in [6.45, 7) is 2.45. The van der Waals surface area contributed by atoms with Gasteiger partial charge in [0, 0.05) is 37.8 Å². The van der Waals surface area contributed by atoms with Crippen LogP contribution in [0.5, 0.6) is 0 Å². The number of benzene rings is 1. The maximum atomic E-state index is 14.3. The van der Waals surface area contributed by atoms with Gasteiger partial charge in [0.05, 0.1) is 17.8 Å². The van der Waals surface area contributed by atoms with Gasteiger partial charge in [-0.05, 0) is 37.8 Å². The number of anilines is 1. The molecular formula is C24H27FN6O3. The molecule has 1 unspecified atom stereocenters. The minimum absolute atomic E-state index is 0.152. The molecule has 0 spiro atoms. The van der Waals surface area contributed by atoms with Crippen LogP contribution in [-0.2, 0) is 24.2 Å². The van der Waals surface area contributed by atoms with Crippen molar-refractivity contribution in [3.63, 3.8) is 0 Å². The number of halogens is 1. The number of nitrogens with zero attached hydrogens (tertiary/aromatic N) is 5. The summed E-state index contributed by atoms with van der Waals surface area (Å²) in [4.78, 5) is 31.3.